The molecule has 0 bridgehead atoms. The van der Waals surface area contributed by atoms with Gasteiger partial charge in [0, 0.05) is 12.3 Å². The van der Waals surface area contributed by atoms with E-state index in [2.05, 4.69) is 53.6 Å². The van der Waals surface area contributed by atoms with Gasteiger partial charge < -0.3 is 14.6 Å². The molecular weight excluding hydrogens is 384 g/mol. The molecule has 2 aromatic carbocycles. The first kappa shape index (κ1) is 20.9. The fourth-order valence-electron chi connectivity index (χ4n) is 2.88. The van der Waals surface area contributed by atoms with Crippen LogP contribution in [0.3, 0.4) is 0 Å². The van der Waals surface area contributed by atoms with E-state index in [-0.39, 0.29) is 5.91 Å². The minimum atomic E-state index is -0.0466. The van der Waals surface area contributed by atoms with E-state index in [0.717, 1.165) is 34.6 Å². The van der Waals surface area contributed by atoms with Gasteiger partial charge in [0.05, 0.1) is 20.1 Å². The van der Waals surface area contributed by atoms with Crippen LogP contribution in [0.5, 0.6) is 5.75 Å². The molecule has 7 heteroatoms. The molecule has 6 nitrogen and oxygen atoms in total. The van der Waals surface area contributed by atoms with Crippen molar-refractivity contribution in [2.75, 3.05) is 7.11 Å². The molecule has 1 amide bonds. The number of aromatic nitrogens is 3. The van der Waals surface area contributed by atoms with Gasteiger partial charge in [-0.05, 0) is 37.1 Å². The van der Waals surface area contributed by atoms with Gasteiger partial charge in [0.25, 0.3) is 0 Å². The predicted octanol–water partition coefficient (Wildman–Crippen LogP) is 3.77. The number of hydrogen-bond acceptors (Lipinski definition) is 5. The normalized spacial score (nSPS) is 10.7. The van der Waals surface area contributed by atoms with Gasteiger partial charge in [-0.3, -0.25) is 4.79 Å². The molecule has 0 radical (unpaired) electrons. The molecule has 0 spiro atoms. The zero-order valence-corrected chi connectivity index (χ0v) is 17.8. The van der Waals surface area contributed by atoms with Crippen LogP contribution in [0.2, 0.25) is 0 Å². The Morgan fingerprint density at radius 1 is 1.07 bits per heavy atom. The predicted molar refractivity (Wildman–Crippen MR) is 115 cm³/mol. The van der Waals surface area contributed by atoms with Crippen molar-refractivity contribution in [1.82, 2.24) is 20.1 Å². The lowest BCUT2D eigenvalue weighted by Gasteiger charge is -2.09. The summed E-state index contributed by atoms with van der Waals surface area (Å²) < 4.78 is 7.19. The third-order valence-corrected chi connectivity index (χ3v) is 5.60. The summed E-state index contributed by atoms with van der Waals surface area (Å²) in [5.74, 6) is 2.33. The van der Waals surface area contributed by atoms with Gasteiger partial charge in [0.1, 0.15) is 5.75 Å². The van der Waals surface area contributed by atoms with E-state index in [1.165, 1.54) is 11.1 Å². The highest BCUT2D eigenvalue weighted by atomic mass is 32.2. The molecule has 29 heavy (non-hydrogen) atoms. The Labute approximate surface area is 175 Å². The van der Waals surface area contributed by atoms with Crippen LogP contribution in [0, 0.1) is 6.92 Å². The number of amides is 1. The number of carbonyl (C=O) groups excluding carboxylic acids is 1. The van der Waals surface area contributed by atoms with E-state index >= 15 is 0 Å². The minimum absolute atomic E-state index is 0.0466. The molecule has 0 atom stereocenters. The molecule has 0 unspecified atom stereocenters. The summed E-state index contributed by atoms with van der Waals surface area (Å²) in [6, 6.07) is 16.0. The number of hydrogen-bond donors (Lipinski definition) is 1. The first-order valence-electron chi connectivity index (χ1n) is 9.59. The van der Waals surface area contributed by atoms with Crippen LogP contribution in [0.4, 0.5) is 0 Å². The Balaban J connectivity index is 1.54. The third kappa shape index (κ3) is 5.84. The fourth-order valence-corrected chi connectivity index (χ4v) is 3.85. The minimum Gasteiger partial charge on any atom is -0.497 e. The highest BCUT2D eigenvalue weighted by molar-refractivity contribution is 7.98. The maximum absolute atomic E-state index is 12.3. The Kier molecular flexibility index (Phi) is 7.30. The van der Waals surface area contributed by atoms with Gasteiger partial charge in [-0.15, -0.1) is 10.2 Å². The van der Waals surface area contributed by atoms with Crippen LogP contribution in [0.15, 0.2) is 53.7 Å². The molecule has 0 saturated carbocycles. The largest absolute Gasteiger partial charge is 0.497 e. The SMILES string of the molecule is CCn1c(CNC(=O)Cc2ccc(OC)cc2)nnc1SCc1ccc(C)cc1. The van der Waals surface area contributed by atoms with Crippen LogP contribution < -0.4 is 10.1 Å². The van der Waals surface area contributed by atoms with E-state index in [1.807, 2.05) is 28.8 Å². The molecule has 0 saturated heterocycles. The Morgan fingerprint density at radius 3 is 2.41 bits per heavy atom. The second-order valence-corrected chi connectivity index (χ2v) is 7.66. The Bertz CT molecular complexity index is 936. The van der Waals surface area contributed by atoms with Crippen molar-refractivity contribution in [2.45, 2.75) is 44.3 Å². The smallest absolute Gasteiger partial charge is 0.224 e. The van der Waals surface area contributed by atoms with E-state index < -0.39 is 0 Å². The molecule has 3 aromatic rings. The first-order chi connectivity index (χ1) is 14.1. The topological polar surface area (TPSA) is 69.0 Å². The van der Waals surface area contributed by atoms with Crippen molar-refractivity contribution in [3.05, 3.63) is 71.0 Å². The van der Waals surface area contributed by atoms with Crippen molar-refractivity contribution in [3.8, 4) is 5.75 Å². The summed E-state index contributed by atoms with van der Waals surface area (Å²) in [5.41, 5.74) is 3.44. The van der Waals surface area contributed by atoms with E-state index in [1.54, 1.807) is 18.9 Å². The summed E-state index contributed by atoms with van der Waals surface area (Å²) in [5, 5.41) is 12.4. The maximum atomic E-state index is 12.3. The number of methoxy groups -OCH3 is 1. The number of rotatable bonds is 9. The molecule has 0 fully saturated rings. The number of ether oxygens (including phenoxy) is 1. The van der Waals surface area contributed by atoms with Crippen molar-refractivity contribution < 1.29 is 9.53 Å². The summed E-state index contributed by atoms with van der Waals surface area (Å²) in [6.45, 7) is 5.26. The van der Waals surface area contributed by atoms with E-state index in [0.29, 0.717) is 13.0 Å². The summed E-state index contributed by atoms with van der Waals surface area (Å²) in [6.07, 6.45) is 0.319. The average molecular weight is 411 g/mol. The van der Waals surface area contributed by atoms with Crippen molar-refractivity contribution in [1.29, 1.82) is 0 Å². The monoisotopic (exact) mass is 410 g/mol. The molecule has 1 heterocycles. The Morgan fingerprint density at radius 2 is 1.76 bits per heavy atom. The molecule has 1 N–H and O–H groups in total. The lowest BCUT2D eigenvalue weighted by Crippen LogP contribution is -2.26. The molecule has 3 rings (SSSR count). The van der Waals surface area contributed by atoms with Crippen LogP contribution >= 0.6 is 11.8 Å². The lowest BCUT2D eigenvalue weighted by atomic mass is 10.1. The number of benzene rings is 2. The standard InChI is InChI=1S/C22H26N4O2S/c1-4-26-20(14-23-21(27)13-17-9-11-19(28-3)12-10-17)24-25-22(26)29-15-18-7-5-16(2)6-8-18/h5-12H,4,13-15H2,1-3H3,(H,23,27). The molecule has 1 aromatic heterocycles. The van der Waals surface area contributed by atoms with Gasteiger partial charge in [0.2, 0.25) is 5.91 Å². The molecule has 0 aliphatic heterocycles. The van der Waals surface area contributed by atoms with E-state index in [4.69, 9.17) is 4.74 Å². The summed E-state index contributed by atoms with van der Waals surface area (Å²) in [4.78, 5) is 12.3. The zero-order chi connectivity index (χ0) is 20.6. The fraction of sp³-hybridized carbons (Fsp3) is 0.318. The van der Waals surface area contributed by atoms with Gasteiger partial charge in [-0.1, -0.05) is 53.7 Å². The summed E-state index contributed by atoms with van der Waals surface area (Å²) in [7, 11) is 1.62. The average Bonchev–Trinajstić information content (AvgIpc) is 3.14. The lowest BCUT2D eigenvalue weighted by molar-refractivity contribution is -0.120. The zero-order valence-electron chi connectivity index (χ0n) is 17.0. The highest BCUT2D eigenvalue weighted by Crippen LogP contribution is 2.22. The van der Waals surface area contributed by atoms with Gasteiger partial charge >= 0.3 is 0 Å². The van der Waals surface area contributed by atoms with Gasteiger partial charge in [-0.25, -0.2) is 0 Å². The molecule has 152 valence electrons. The number of carbonyl (C=O) groups is 1. The highest BCUT2D eigenvalue weighted by Gasteiger charge is 2.13. The summed E-state index contributed by atoms with van der Waals surface area (Å²) >= 11 is 1.66. The quantitative estimate of drug-likeness (QED) is 0.544. The number of nitrogens with one attached hydrogen (secondary N) is 1. The maximum Gasteiger partial charge on any atom is 0.224 e. The second-order valence-electron chi connectivity index (χ2n) is 6.72. The van der Waals surface area contributed by atoms with Crippen LogP contribution in [0.25, 0.3) is 0 Å². The van der Waals surface area contributed by atoms with Crippen LogP contribution in [0.1, 0.15) is 29.4 Å². The number of nitrogens with zero attached hydrogens (tertiary/aromatic N) is 3. The first-order valence-corrected chi connectivity index (χ1v) is 10.6. The Hall–Kier alpha value is -2.80. The van der Waals surface area contributed by atoms with Crippen molar-refractivity contribution in [3.63, 3.8) is 0 Å². The third-order valence-electron chi connectivity index (χ3n) is 4.57. The molecule has 0 aliphatic rings. The van der Waals surface area contributed by atoms with Crippen molar-refractivity contribution >= 4 is 17.7 Å². The van der Waals surface area contributed by atoms with Gasteiger partial charge in [0.15, 0.2) is 11.0 Å². The van der Waals surface area contributed by atoms with E-state index in [9.17, 15) is 4.79 Å². The van der Waals surface area contributed by atoms with Crippen molar-refractivity contribution in [2.24, 2.45) is 0 Å². The van der Waals surface area contributed by atoms with Gasteiger partial charge in [-0.2, -0.15) is 0 Å². The number of aryl methyl sites for hydroxylation is 1. The van der Waals surface area contributed by atoms with Crippen LogP contribution in [-0.4, -0.2) is 27.8 Å². The van der Waals surface area contributed by atoms with Crippen LogP contribution in [-0.2, 0) is 30.1 Å². The number of thioether (sulfide) groups is 1. The molecule has 0 aliphatic carbocycles. The second kappa shape index (κ2) is 10.1. The molecular formula is C22H26N4O2S.